The van der Waals surface area contributed by atoms with Gasteiger partial charge in [0, 0.05) is 19.5 Å². The lowest BCUT2D eigenvalue weighted by atomic mass is 9.89. The van der Waals surface area contributed by atoms with Crippen molar-refractivity contribution in [3.63, 3.8) is 0 Å². The summed E-state index contributed by atoms with van der Waals surface area (Å²) in [6.07, 6.45) is -0.578. The molecule has 1 rings (SSSR count). The number of rotatable bonds is 4. The standard InChI is InChI=1S/C12H21NO5/c1-8-5-13(6-9(7-14)18-8)10(15)4-12(2,3)11(16)17/h8-9,14H,4-7H2,1-3H3,(H,16,17). The molecule has 0 bridgehead atoms. The van der Waals surface area contributed by atoms with E-state index in [1.165, 1.54) is 13.8 Å². The summed E-state index contributed by atoms with van der Waals surface area (Å²) in [4.78, 5) is 24.6. The van der Waals surface area contributed by atoms with E-state index < -0.39 is 11.4 Å². The van der Waals surface area contributed by atoms with Gasteiger partial charge in [0.25, 0.3) is 0 Å². The topological polar surface area (TPSA) is 87.1 Å². The Morgan fingerprint density at radius 3 is 2.50 bits per heavy atom. The van der Waals surface area contributed by atoms with E-state index in [1.807, 2.05) is 6.92 Å². The van der Waals surface area contributed by atoms with Crippen LogP contribution in [0, 0.1) is 5.41 Å². The van der Waals surface area contributed by atoms with Crippen molar-refractivity contribution in [3.05, 3.63) is 0 Å². The summed E-state index contributed by atoms with van der Waals surface area (Å²) >= 11 is 0. The van der Waals surface area contributed by atoms with Crippen molar-refractivity contribution in [2.24, 2.45) is 5.41 Å². The third-order valence-electron chi connectivity index (χ3n) is 3.05. The zero-order valence-corrected chi connectivity index (χ0v) is 11.0. The number of hydrogen-bond acceptors (Lipinski definition) is 4. The first-order valence-electron chi connectivity index (χ1n) is 6.03. The number of amides is 1. The normalized spacial score (nSPS) is 25.0. The molecule has 2 N–H and O–H groups in total. The van der Waals surface area contributed by atoms with E-state index in [1.54, 1.807) is 4.90 Å². The molecule has 2 unspecified atom stereocenters. The van der Waals surface area contributed by atoms with Gasteiger partial charge in [-0.05, 0) is 20.8 Å². The Hall–Kier alpha value is -1.14. The lowest BCUT2D eigenvalue weighted by molar-refractivity contribution is -0.156. The first-order valence-corrected chi connectivity index (χ1v) is 6.03. The first-order chi connectivity index (χ1) is 8.26. The third-order valence-corrected chi connectivity index (χ3v) is 3.05. The van der Waals surface area contributed by atoms with E-state index in [2.05, 4.69) is 0 Å². The number of morpholine rings is 1. The van der Waals surface area contributed by atoms with Crippen LogP contribution in [0.4, 0.5) is 0 Å². The van der Waals surface area contributed by atoms with E-state index in [-0.39, 0.29) is 31.1 Å². The maximum absolute atomic E-state index is 12.1. The number of hydrogen-bond donors (Lipinski definition) is 2. The first kappa shape index (κ1) is 14.9. The second-order valence-electron chi connectivity index (χ2n) is 5.42. The monoisotopic (exact) mass is 259 g/mol. The van der Waals surface area contributed by atoms with Gasteiger partial charge < -0.3 is 19.8 Å². The summed E-state index contributed by atoms with van der Waals surface area (Å²) in [5, 5.41) is 18.1. The molecule has 2 atom stereocenters. The van der Waals surface area contributed by atoms with Gasteiger partial charge in [-0.25, -0.2) is 0 Å². The van der Waals surface area contributed by atoms with E-state index in [4.69, 9.17) is 14.9 Å². The fraction of sp³-hybridized carbons (Fsp3) is 0.833. The second-order valence-corrected chi connectivity index (χ2v) is 5.42. The molecule has 0 aromatic rings. The number of ether oxygens (including phenoxy) is 1. The molecule has 6 nitrogen and oxygen atoms in total. The van der Waals surface area contributed by atoms with Crippen molar-refractivity contribution >= 4 is 11.9 Å². The minimum Gasteiger partial charge on any atom is -0.481 e. The summed E-state index contributed by atoms with van der Waals surface area (Å²) < 4.78 is 5.43. The van der Waals surface area contributed by atoms with Gasteiger partial charge in [-0.3, -0.25) is 9.59 Å². The maximum Gasteiger partial charge on any atom is 0.309 e. The summed E-state index contributed by atoms with van der Waals surface area (Å²) in [6, 6.07) is 0. The number of nitrogens with zero attached hydrogens (tertiary/aromatic N) is 1. The van der Waals surface area contributed by atoms with Crippen LogP contribution < -0.4 is 0 Å². The van der Waals surface area contributed by atoms with Gasteiger partial charge in [0.1, 0.15) is 0 Å². The van der Waals surface area contributed by atoms with E-state index >= 15 is 0 Å². The Morgan fingerprint density at radius 1 is 1.39 bits per heavy atom. The molecule has 0 aliphatic carbocycles. The van der Waals surface area contributed by atoms with Crippen LogP contribution in [0.1, 0.15) is 27.2 Å². The quantitative estimate of drug-likeness (QED) is 0.747. The Morgan fingerprint density at radius 2 is 2.00 bits per heavy atom. The average Bonchev–Trinajstić information content (AvgIpc) is 2.27. The van der Waals surface area contributed by atoms with Crippen LogP contribution in [-0.2, 0) is 14.3 Å². The van der Waals surface area contributed by atoms with Crippen molar-refractivity contribution in [2.45, 2.75) is 39.4 Å². The van der Waals surface area contributed by atoms with Gasteiger partial charge in [0.15, 0.2) is 0 Å². The van der Waals surface area contributed by atoms with Crippen molar-refractivity contribution in [1.29, 1.82) is 0 Å². The van der Waals surface area contributed by atoms with Crippen LogP contribution in [0.25, 0.3) is 0 Å². The van der Waals surface area contributed by atoms with Crippen LogP contribution in [0.3, 0.4) is 0 Å². The molecule has 1 saturated heterocycles. The lowest BCUT2D eigenvalue weighted by Crippen LogP contribution is -2.51. The number of aliphatic carboxylic acids is 1. The number of carboxylic acid groups (broad SMARTS) is 1. The molecule has 0 saturated carbocycles. The third kappa shape index (κ3) is 3.68. The summed E-state index contributed by atoms with van der Waals surface area (Å²) in [5.74, 6) is -1.20. The number of aliphatic hydroxyl groups is 1. The molecule has 1 fully saturated rings. The number of carboxylic acids is 1. The lowest BCUT2D eigenvalue weighted by Gasteiger charge is -2.37. The molecule has 18 heavy (non-hydrogen) atoms. The van der Waals surface area contributed by atoms with E-state index in [0.717, 1.165) is 0 Å². The molecule has 104 valence electrons. The number of carbonyl (C=O) groups is 2. The summed E-state index contributed by atoms with van der Waals surface area (Å²) in [7, 11) is 0. The van der Waals surface area contributed by atoms with Crippen molar-refractivity contribution in [2.75, 3.05) is 19.7 Å². The molecule has 0 radical (unpaired) electrons. The predicted molar refractivity (Wildman–Crippen MR) is 64.0 cm³/mol. The zero-order chi connectivity index (χ0) is 13.9. The van der Waals surface area contributed by atoms with Crippen LogP contribution in [-0.4, -0.2) is 58.9 Å². The number of carbonyl (C=O) groups excluding carboxylic acids is 1. The highest BCUT2D eigenvalue weighted by atomic mass is 16.5. The van der Waals surface area contributed by atoms with Crippen LogP contribution in [0.2, 0.25) is 0 Å². The van der Waals surface area contributed by atoms with Crippen molar-refractivity contribution < 1.29 is 24.5 Å². The molecule has 0 spiro atoms. The minimum absolute atomic E-state index is 0.0484. The maximum atomic E-state index is 12.1. The molecular formula is C12H21NO5. The molecular weight excluding hydrogens is 238 g/mol. The summed E-state index contributed by atoms with van der Waals surface area (Å²) in [6.45, 7) is 5.49. The average molecular weight is 259 g/mol. The molecule has 1 aliphatic rings. The molecule has 0 aromatic heterocycles. The molecule has 1 heterocycles. The Bertz CT molecular complexity index is 328. The molecule has 0 aromatic carbocycles. The van der Waals surface area contributed by atoms with Gasteiger partial charge >= 0.3 is 5.97 Å². The van der Waals surface area contributed by atoms with Gasteiger partial charge in [0.05, 0.1) is 24.2 Å². The molecule has 6 heteroatoms. The van der Waals surface area contributed by atoms with E-state index in [0.29, 0.717) is 13.1 Å². The van der Waals surface area contributed by atoms with Gasteiger partial charge in [-0.1, -0.05) is 0 Å². The minimum atomic E-state index is -1.08. The van der Waals surface area contributed by atoms with E-state index in [9.17, 15) is 9.59 Å². The highest BCUT2D eigenvalue weighted by Crippen LogP contribution is 2.23. The smallest absolute Gasteiger partial charge is 0.309 e. The fourth-order valence-corrected chi connectivity index (χ4v) is 1.92. The largest absolute Gasteiger partial charge is 0.481 e. The Balaban J connectivity index is 2.64. The van der Waals surface area contributed by atoms with Crippen LogP contribution in [0.15, 0.2) is 0 Å². The fourth-order valence-electron chi connectivity index (χ4n) is 1.92. The highest BCUT2D eigenvalue weighted by molar-refractivity contribution is 5.84. The van der Waals surface area contributed by atoms with Crippen molar-refractivity contribution in [3.8, 4) is 0 Å². The van der Waals surface area contributed by atoms with Crippen molar-refractivity contribution in [1.82, 2.24) is 4.90 Å². The second kappa shape index (κ2) is 5.67. The summed E-state index contributed by atoms with van der Waals surface area (Å²) in [5.41, 5.74) is -1.08. The van der Waals surface area contributed by atoms with Crippen LogP contribution >= 0.6 is 0 Å². The Kier molecular flexibility index (Phi) is 4.70. The van der Waals surface area contributed by atoms with Gasteiger partial charge in [0.2, 0.25) is 5.91 Å². The Labute approximate surface area is 107 Å². The number of aliphatic hydroxyl groups excluding tert-OH is 1. The van der Waals surface area contributed by atoms with Gasteiger partial charge in [-0.2, -0.15) is 0 Å². The predicted octanol–water partition coefficient (Wildman–Crippen LogP) is 0.0955. The highest BCUT2D eigenvalue weighted by Gasteiger charge is 2.34. The SMILES string of the molecule is CC1CN(C(=O)CC(C)(C)C(=O)O)CC(CO)O1. The molecule has 1 amide bonds. The zero-order valence-electron chi connectivity index (χ0n) is 11.0. The molecule has 1 aliphatic heterocycles. The van der Waals surface area contributed by atoms with Crippen LogP contribution in [0.5, 0.6) is 0 Å². The van der Waals surface area contributed by atoms with Gasteiger partial charge in [-0.15, -0.1) is 0 Å².